The summed E-state index contributed by atoms with van der Waals surface area (Å²) in [4.78, 5) is 12.5. The number of nitrogens with zero attached hydrogens (tertiary/aromatic N) is 1. The molecule has 0 aliphatic heterocycles. The lowest BCUT2D eigenvalue weighted by molar-refractivity contribution is -0.116. The third-order valence-electron chi connectivity index (χ3n) is 3.49. The minimum atomic E-state index is -3.80. The summed E-state index contributed by atoms with van der Waals surface area (Å²) < 4.78 is 43.7. The average Bonchev–Trinajstić information content (AvgIpc) is 2.53. The predicted molar refractivity (Wildman–Crippen MR) is 94.8 cm³/mol. The van der Waals surface area contributed by atoms with Gasteiger partial charge >= 0.3 is 0 Å². The zero-order valence-corrected chi connectivity index (χ0v) is 14.9. The predicted octanol–water partition coefficient (Wildman–Crippen LogP) is 2.63. The fourth-order valence-corrected chi connectivity index (χ4v) is 3.54. The van der Waals surface area contributed by atoms with Crippen molar-refractivity contribution >= 4 is 27.3 Å². The van der Waals surface area contributed by atoms with Gasteiger partial charge in [0.1, 0.15) is 17.6 Å². The van der Waals surface area contributed by atoms with Gasteiger partial charge in [0.15, 0.2) is 0 Å². The summed E-state index contributed by atoms with van der Waals surface area (Å²) in [6, 6.07) is 10.7. The van der Waals surface area contributed by atoms with Crippen LogP contribution in [0.2, 0.25) is 0 Å². The molecule has 0 bridgehead atoms. The van der Waals surface area contributed by atoms with Gasteiger partial charge in [0.2, 0.25) is 15.9 Å². The summed E-state index contributed by atoms with van der Waals surface area (Å²) in [6.07, 6.45) is 0.966. The molecule has 0 heterocycles. The summed E-state index contributed by atoms with van der Waals surface area (Å²) in [5.74, 6) is -0.593. The number of ether oxygens (including phenoxy) is 1. The zero-order valence-electron chi connectivity index (χ0n) is 14.1. The van der Waals surface area contributed by atoms with Gasteiger partial charge in [-0.05, 0) is 37.3 Å². The number of anilines is 2. The van der Waals surface area contributed by atoms with Gasteiger partial charge in [-0.15, -0.1) is 0 Å². The van der Waals surface area contributed by atoms with Gasteiger partial charge in [0, 0.05) is 11.8 Å². The molecule has 0 saturated carbocycles. The maximum atomic E-state index is 13.5. The van der Waals surface area contributed by atoms with Crippen LogP contribution >= 0.6 is 0 Å². The van der Waals surface area contributed by atoms with Crippen LogP contribution in [0.25, 0.3) is 0 Å². The lowest BCUT2D eigenvalue weighted by Crippen LogP contribution is -2.45. The van der Waals surface area contributed by atoms with Crippen molar-refractivity contribution in [1.29, 1.82) is 0 Å². The first-order valence-electron chi connectivity index (χ1n) is 7.42. The summed E-state index contributed by atoms with van der Waals surface area (Å²) in [6.45, 7) is 1.43. The Hall–Kier alpha value is -2.61. The third kappa shape index (κ3) is 4.69. The van der Waals surface area contributed by atoms with E-state index in [1.807, 2.05) is 0 Å². The van der Waals surface area contributed by atoms with E-state index in [0.717, 1.165) is 16.6 Å². The molecule has 1 amide bonds. The van der Waals surface area contributed by atoms with Crippen LogP contribution in [0, 0.1) is 5.82 Å². The molecule has 25 heavy (non-hydrogen) atoms. The Labute approximate surface area is 146 Å². The Bertz CT molecular complexity index is 870. The quantitative estimate of drug-likeness (QED) is 0.853. The van der Waals surface area contributed by atoms with Gasteiger partial charge in [-0.25, -0.2) is 12.8 Å². The highest BCUT2D eigenvalue weighted by Crippen LogP contribution is 2.23. The van der Waals surface area contributed by atoms with Crippen LogP contribution in [0.5, 0.6) is 5.75 Å². The number of amides is 1. The summed E-state index contributed by atoms with van der Waals surface area (Å²) in [7, 11) is -2.30. The van der Waals surface area contributed by atoms with Gasteiger partial charge in [0.05, 0.1) is 19.1 Å². The summed E-state index contributed by atoms with van der Waals surface area (Å²) in [5.41, 5.74) is 0.541. The molecular weight excluding hydrogens is 347 g/mol. The molecule has 2 aromatic carbocycles. The number of sulfonamides is 1. The first kappa shape index (κ1) is 18.7. The van der Waals surface area contributed by atoms with Crippen LogP contribution in [-0.2, 0) is 14.8 Å². The summed E-state index contributed by atoms with van der Waals surface area (Å²) >= 11 is 0. The Balaban J connectivity index is 2.30. The Morgan fingerprint density at radius 1 is 1.20 bits per heavy atom. The number of hydrogen-bond acceptors (Lipinski definition) is 4. The van der Waals surface area contributed by atoms with Gasteiger partial charge in [0.25, 0.3) is 0 Å². The molecular formula is C17H19FN2O4S. The maximum Gasteiger partial charge on any atom is 0.247 e. The van der Waals surface area contributed by atoms with Crippen molar-refractivity contribution in [1.82, 2.24) is 0 Å². The molecule has 0 aromatic heterocycles. The molecule has 0 aliphatic carbocycles. The third-order valence-corrected chi connectivity index (χ3v) is 4.73. The maximum absolute atomic E-state index is 13.5. The molecule has 0 radical (unpaired) electrons. The van der Waals surface area contributed by atoms with E-state index in [4.69, 9.17) is 4.74 Å². The smallest absolute Gasteiger partial charge is 0.247 e. The van der Waals surface area contributed by atoms with Crippen LogP contribution in [0.3, 0.4) is 0 Å². The normalized spacial score (nSPS) is 12.3. The van der Waals surface area contributed by atoms with Crippen LogP contribution in [0.4, 0.5) is 15.8 Å². The van der Waals surface area contributed by atoms with Crippen molar-refractivity contribution in [2.45, 2.75) is 13.0 Å². The first-order valence-corrected chi connectivity index (χ1v) is 9.27. The number of methoxy groups -OCH3 is 1. The number of carbonyl (C=O) groups is 1. The number of hydrogen-bond donors (Lipinski definition) is 1. The molecule has 0 spiro atoms. The minimum Gasteiger partial charge on any atom is -0.497 e. The van der Waals surface area contributed by atoms with Crippen LogP contribution < -0.4 is 14.4 Å². The minimum absolute atomic E-state index is 0.0794. The highest BCUT2D eigenvalue weighted by molar-refractivity contribution is 7.92. The molecule has 2 aromatic rings. The second-order valence-corrected chi connectivity index (χ2v) is 7.30. The molecule has 1 unspecified atom stereocenters. The van der Waals surface area contributed by atoms with Crippen LogP contribution in [0.15, 0.2) is 48.5 Å². The van der Waals surface area contributed by atoms with Crippen molar-refractivity contribution < 1.29 is 22.3 Å². The zero-order chi connectivity index (χ0) is 18.6. The standard InChI is InChI=1S/C17H19FN2O4S/c1-12(17(21)19-14-7-5-9-16(11-14)24-2)20(25(3,22)23)15-8-4-6-13(18)10-15/h4-12H,1-3H3,(H,19,21). The van der Waals surface area contributed by atoms with Crippen LogP contribution in [0.1, 0.15) is 6.92 Å². The van der Waals surface area contributed by atoms with E-state index in [2.05, 4.69) is 5.32 Å². The molecule has 2 rings (SSSR count). The number of carbonyl (C=O) groups excluding carboxylic acids is 1. The fourth-order valence-electron chi connectivity index (χ4n) is 2.37. The van der Waals surface area contributed by atoms with Crippen molar-refractivity contribution in [3.8, 4) is 5.75 Å². The Morgan fingerprint density at radius 3 is 2.48 bits per heavy atom. The van der Waals surface area contributed by atoms with Crippen molar-refractivity contribution in [2.24, 2.45) is 0 Å². The molecule has 1 N–H and O–H groups in total. The number of nitrogens with one attached hydrogen (secondary N) is 1. The lowest BCUT2D eigenvalue weighted by Gasteiger charge is -2.28. The molecule has 0 saturated heterocycles. The van der Waals surface area contributed by atoms with E-state index in [1.165, 1.54) is 32.2 Å². The van der Waals surface area contributed by atoms with Gasteiger partial charge in [-0.1, -0.05) is 12.1 Å². The van der Waals surface area contributed by atoms with Crippen LogP contribution in [-0.4, -0.2) is 33.7 Å². The van der Waals surface area contributed by atoms with E-state index in [0.29, 0.717) is 11.4 Å². The number of halogens is 1. The van der Waals surface area contributed by atoms with E-state index in [1.54, 1.807) is 24.3 Å². The van der Waals surface area contributed by atoms with Gasteiger partial charge in [-0.3, -0.25) is 9.10 Å². The molecule has 134 valence electrons. The SMILES string of the molecule is COc1cccc(NC(=O)C(C)N(c2cccc(F)c2)S(C)(=O)=O)c1. The topological polar surface area (TPSA) is 75.7 Å². The molecule has 8 heteroatoms. The van der Waals surface area contributed by atoms with E-state index in [-0.39, 0.29) is 5.69 Å². The van der Waals surface area contributed by atoms with E-state index >= 15 is 0 Å². The lowest BCUT2D eigenvalue weighted by atomic mass is 10.2. The van der Waals surface area contributed by atoms with Crippen molar-refractivity contribution in [3.63, 3.8) is 0 Å². The van der Waals surface area contributed by atoms with Gasteiger partial charge < -0.3 is 10.1 Å². The molecule has 0 fully saturated rings. The molecule has 6 nitrogen and oxygen atoms in total. The molecule has 1 atom stereocenters. The second-order valence-electron chi connectivity index (χ2n) is 5.44. The highest BCUT2D eigenvalue weighted by Gasteiger charge is 2.29. The Kier molecular flexibility index (Phi) is 5.63. The van der Waals surface area contributed by atoms with Gasteiger partial charge in [-0.2, -0.15) is 0 Å². The van der Waals surface area contributed by atoms with E-state index < -0.39 is 27.8 Å². The largest absolute Gasteiger partial charge is 0.497 e. The van der Waals surface area contributed by atoms with Crippen molar-refractivity contribution in [2.75, 3.05) is 23.0 Å². The second kappa shape index (κ2) is 7.52. The monoisotopic (exact) mass is 366 g/mol. The van der Waals surface area contributed by atoms with Crippen molar-refractivity contribution in [3.05, 3.63) is 54.3 Å². The van der Waals surface area contributed by atoms with E-state index in [9.17, 15) is 17.6 Å². The molecule has 0 aliphatic rings. The highest BCUT2D eigenvalue weighted by atomic mass is 32.2. The summed E-state index contributed by atoms with van der Waals surface area (Å²) in [5, 5.41) is 2.63. The Morgan fingerprint density at radius 2 is 1.88 bits per heavy atom. The average molecular weight is 366 g/mol. The fraction of sp³-hybridized carbons (Fsp3) is 0.235. The first-order chi connectivity index (χ1) is 11.7. The number of rotatable bonds is 6. The number of benzene rings is 2.